The number of fused-ring (bicyclic) bond motifs is 3. The maximum absolute atomic E-state index is 12.2. The quantitative estimate of drug-likeness (QED) is 0.643. The van der Waals surface area contributed by atoms with E-state index in [9.17, 15) is 8.42 Å². The molecule has 2 aliphatic carbocycles. The summed E-state index contributed by atoms with van der Waals surface area (Å²) in [7, 11) is -1.25. The Morgan fingerprint density at radius 1 is 1.36 bits per heavy atom. The molecule has 1 saturated carbocycles. The van der Waals surface area contributed by atoms with E-state index in [1.54, 1.807) is 7.05 Å². The fourth-order valence-electron chi connectivity index (χ4n) is 4.63. The first-order valence-electron chi connectivity index (χ1n) is 9.10. The van der Waals surface area contributed by atoms with Gasteiger partial charge in [-0.15, -0.1) is 0 Å². The molecule has 0 amide bonds. The molecule has 1 heterocycles. The van der Waals surface area contributed by atoms with Crippen molar-refractivity contribution < 1.29 is 8.42 Å². The minimum atomic E-state index is -3.02. The molecule has 6 heteroatoms. The lowest BCUT2D eigenvalue weighted by atomic mass is 10.0. The first-order chi connectivity index (χ1) is 11.8. The van der Waals surface area contributed by atoms with Gasteiger partial charge >= 0.3 is 0 Å². The van der Waals surface area contributed by atoms with Crippen LogP contribution in [0.3, 0.4) is 0 Å². The van der Waals surface area contributed by atoms with E-state index in [2.05, 4.69) is 39.5 Å². The van der Waals surface area contributed by atoms with Crippen molar-refractivity contribution in [1.29, 1.82) is 0 Å². The van der Waals surface area contributed by atoms with Crippen molar-refractivity contribution in [3.63, 3.8) is 0 Å². The lowest BCUT2D eigenvalue weighted by Crippen LogP contribution is -2.57. The predicted octanol–water partition coefficient (Wildman–Crippen LogP) is 1.66. The summed E-state index contributed by atoms with van der Waals surface area (Å²) in [6.45, 7) is 5.55. The fraction of sp³-hybridized carbons (Fsp3) is 0.632. The van der Waals surface area contributed by atoms with E-state index in [0.717, 1.165) is 18.4 Å². The second-order valence-corrected chi connectivity index (χ2v) is 10.9. The lowest BCUT2D eigenvalue weighted by molar-refractivity contribution is 0.352. The first-order valence-corrected chi connectivity index (χ1v) is 10.7. The minimum absolute atomic E-state index is 0.197. The number of guanidine groups is 1. The Balaban J connectivity index is 1.38. The van der Waals surface area contributed by atoms with E-state index in [4.69, 9.17) is 0 Å². The zero-order valence-electron chi connectivity index (χ0n) is 15.2. The SMILES string of the molecule is CN=C(NCC1C2Cc3ccccc3C12)N1CCS(=O)(=O)C(C)(C)C1. The van der Waals surface area contributed by atoms with Crippen molar-refractivity contribution in [3.05, 3.63) is 35.4 Å². The number of sulfone groups is 1. The number of benzene rings is 1. The standard InChI is InChI=1S/C19H27N3O2S/c1-19(2)12-22(8-9-25(19,23)24)18(20-3)21-11-16-15-10-13-6-4-5-7-14(13)17(15)16/h4-7,15-17H,8-12H2,1-3H3,(H,20,21). The molecule has 25 heavy (non-hydrogen) atoms. The van der Waals surface area contributed by atoms with Gasteiger partial charge in [-0.2, -0.15) is 0 Å². The van der Waals surface area contributed by atoms with Gasteiger partial charge in [0.05, 0.1) is 10.5 Å². The fourth-order valence-corrected chi connectivity index (χ4v) is 5.99. The van der Waals surface area contributed by atoms with E-state index in [1.807, 2.05) is 13.8 Å². The van der Waals surface area contributed by atoms with Gasteiger partial charge in [0.1, 0.15) is 0 Å². The van der Waals surface area contributed by atoms with Crippen molar-refractivity contribution in [2.24, 2.45) is 16.8 Å². The van der Waals surface area contributed by atoms with Gasteiger partial charge in [-0.1, -0.05) is 24.3 Å². The van der Waals surface area contributed by atoms with Crippen molar-refractivity contribution in [2.75, 3.05) is 32.4 Å². The third-order valence-electron chi connectivity index (χ3n) is 6.25. The van der Waals surface area contributed by atoms with E-state index in [1.165, 1.54) is 17.5 Å². The van der Waals surface area contributed by atoms with Crippen LogP contribution in [0.5, 0.6) is 0 Å². The molecule has 3 aliphatic rings. The van der Waals surface area contributed by atoms with Crippen LogP contribution in [-0.2, 0) is 16.3 Å². The molecule has 0 bridgehead atoms. The number of nitrogens with zero attached hydrogens (tertiary/aromatic N) is 2. The third kappa shape index (κ3) is 2.75. The van der Waals surface area contributed by atoms with Crippen LogP contribution in [0, 0.1) is 11.8 Å². The molecule has 0 radical (unpaired) electrons. The Hall–Kier alpha value is -1.56. The van der Waals surface area contributed by atoms with Gasteiger partial charge in [-0.05, 0) is 49.1 Å². The molecule has 1 aliphatic heterocycles. The highest BCUT2D eigenvalue weighted by Crippen LogP contribution is 2.60. The second kappa shape index (κ2) is 5.73. The molecular weight excluding hydrogens is 334 g/mol. The molecule has 1 saturated heterocycles. The van der Waals surface area contributed by atoms with Gasteiger partial charge in [0, 0.05) is 26.7 Å². The predicted molar refractivity (Wildman–Crippen MR) is 101 cm³/mol. The van der Waals surface area contributed by atoms with Crippen molar-refractivity contribution >= 4 is 15.8 Å². The maximum atomic E-state index is 12.2. The van der Waals surface area contributed by atoms with Crippen LogP contribution in [0.15, 0.2) is 29.3 Å². The summed E-state index contributed by atoms with van der Waals surface area (Å²) >= 11 is 0. The van der Waals surface area contributed by atoms with E-state index < -0.39 is 14.6 Å². The lowest BCUT2D eigenvalue weighted by Gasteiger charge is -2.39. The average Bonchev–Trinajstić information content (AvgIpc) is 3.09. The van der Waals surface area contributed by atoms with Gasteiger partial charge in [0.15, 0.2) is 15.8 Å². The average molecular weight is 362 g/mol. The Bertz CT molecular complexity index is 816. The van der Waals surface area contributed by atoms with E-state index >= 15 is 0 Å². The highest BCUT2D eigenvalue weighted by molar-refractivity contribution is 7.92. The van der Waals surface area contributed by atoms with Crippen molar-refractivity contribution in [3.8, 4) is 0 Å². The van der Waals surface area contributed by atoms with Gasteiger partial charge < -0.3 is 10.2 Å². The zero-order chi connectivity index (χ0) is 17.8. The summed E-state index contributed by atoms with van der Waals surface area (Å²) in [6.07, 6.45) is 1.20. The second-order valence-electron chi connectivity index (χ2n) is 8.18. The summed E-state index contributed by atoms with van der Waals surface area (Å²) in [6, 6.07) is 8.79. The number of aliphatic imine (C=N–C) groups is 1. The monoisotopic (exact) mass is 361 g/mol. The normalized spacial score (nSPS) is 32.0. The Kier molecular flexibility index (Phi) is 3.87. The summed E-state index contributed by atoms with van der Waals surface area (Å²) < 4.78 is 23.7. The molecule has 0 aromatic heterocycles. The number of nitrogens with one attached hydrogen (secondary N) is 1. The zero-order valence-corrected chi connectivity index (χ0v) is 16.0. The molecule has 1 aromatic carbocycles. The van der Waals surface area contributed by atoms with Crippen molar-refractivity contribution in [2.45, 2.75) is 30.9 Å². The molecule has 136 valence electrons. The van der Waals surface area contributed by atoms with E-state index in [0.29, 0.717) is 24.9 Å². The maximum Gasteiger partial charge on any atom is 0.193 e. The van der Waals surface area contributed by atoms with Crippen LogP contribution in [0.1, 0.15) is 30.9 Å². The molecule has 3 unspecified atom stereocenters. The summed E-state index contributed by atoms with van der Waals surface area (Å²) in [5.74, 6) is 3.17. The van der Waals surface area contributed by atoms with Gasteiger partial charge in [-0.3, -0.25) is 4.99 Å². The molecular formula is C19H27N3O2S. The van der Waals surface area contributed by atoms with Crippen LogP contribution < -0.4 is 5.32 Å². The van der Waals surface area contributed by atoms with Crippen LogP contribution >= 0.6 is 0 Å². The molecule has 5 nitrogen and oxygen atoms in total. The van der Waals surface area contributed by atoms with Crippen molar-refractivity contribution in [1.82, 2.24) is 10.2 Å². The minimum Gasteiger partial charge on any atom is -0.356 e. The first kappa shape index (κ1) is 16.9. The topological polar surface area (TPSA) is 61.8 Å². The Morgan fingerprint density at radius 3 is 2.84 bits per heavy atom. The molecule has 4 rings (SSSR count). The summed E-state index contributed by atoms with van der Waals surface area (Å²) in [5, 5.41) is 3.51. The highest BCUT2D eigenvalue weighted by atomic mass is 32.2. The molecule has 1 N–H and O–H groups in total. The third-order valence-corrected chi connectivity index (χ3v) is 8.79. The van der Waals surface area contributed by atoms with Gasteiger partial charge in [0.2, 0.25) is 0 Å². The Morgan fingerprint density at radius 2 is 2.12 bits per heavy atom. The van der Waals surface area contributed by atoms with E-state index in [-0.39, 0.29) is 5.75 Å². The summed E-state index contributed by atoms with van der Waals surface area (Å²) in [4.78, 5) is 6.49. The van der Waals surface area contributed by atoms with Gasteiger partial charge in [0.25, 0.3) is 0 Å². The number of hydrogen-bond donors (Lipinski definition) is 1. The van der Waals surface area contributed by atoms with Gasteiger partial charge in [-0.25, -0.2) is 8.42 Å². The summed E-state index contributed by atoms with van der Waals surface area (Å²) in [5.41, 5.74) is 3.04. The molecule has 0 spiro atoms. The van der Waals surface area contributed by atoms with Crippen LogP contribution in [0.2, 0.25) is 0 Å². The van der Waals surface area contributed by atoms with Crippen LogP contribution in [-0.4, -0.2) is 56.5 Å². The Labute approximate surface area is 150 Å². The number of hydrogen-bond acceptors (Lipinski definition) is 3. The number of rotatable bonds is 2. The van der Waals surface area contributed by atoms with Crippen LogP contribution in [0.25, 0.3) is 0 Å². The molecule has 1 aromatic rings. The largest absolute Gasteiger partial charge is 0.356 e. The highest BCUT2D eigenvalue weighted by Gasteiger charge is 2.55. The molecule has 3 atom stereocenters. The molecule has 2 fully saturated rings. The van der Waals surface area contributed by atoms with Crippen LogP contribution in [0.4, 0.5) is 0 Å². The smallest absolute Gasteiger partial charge is 0.193 e.